The molecule has 1 saturated heterocycles. The van der Waals surface area contributed by atoms with Crippen molar-refractivity contribution in [3.63, 3.8) is 0 Å². The minimum Gasteiger partial charge on any atom is -0.394 e. The van der Waals surface area contributed by atoms with Gasteiger partial charge in [0.05, 0.1) is 12.7 Å². The zero-order chi connectivity index (χ0) is 14.0. The molecule has 8 heteroatoms. The van der Waals surface area contributed by atoms with Gasteiger partial charge in [-0.3, -0.25) is 4.57 Å². The molecule has 0 amide bonds. The summed E-state index contributed by atoms with van der Waals surface area (Å²) in [5.74, 6) is 0.0593. The second kappa shape index (κ2) is 5.81. The van der Waals surface area contributed by atoms with Crippen LogP contribution in [-0.2, 0) is 4.74 Å². The smallest absolute Gasteiger partial charge is 0.351 e. The molecule has 0 aliphatic carbocycles. The number of alkyl halides is 1. The zero-order valence-electron chi connectivity index (χ0n) is 9.87. The van der Waals surface area contributed by atoms with Crippen molar-refractivity contribution < 1.29 is 14.2 Å². The van der Waals surface area contributed by atoms with E-state index in [1.54, 1.807) is 11.1 Å². The van der Waals surface area contributed by atoms with Crippen molar-refractivity contribution >= 4 is 27.8 Å². The van der Waals surface area contributed by atoms with Crippen LogP contribution < -0.4 is 11.4 Å². The van der Waals surface area contributed by atoms with Crippen molar-refractivity contribution in [3.05, 3.63) is 27.2 Å². The molecular formula is C11H13BrFN3O3. The Morgan fingerprint density at radius 3 is 3.05 bits per heavy atom. The van der Waals surface area contributed by atoms with Crippen LogP contribution in [0.3, 0.4) is 0 Å². The Kier molecular flexibility index (Phi) is 4.33. The number of anilines is 1. The van der Waals surface area contributed by atoms with Gasteiger partial charge in [-0.25, -0.2) is 9.18 Å². The third kappa shape index (κ3) is 2.85. The van der Waals surface area contributed by atoms with Gasteiger partial charge in [0, 0.05) is 18.2 Å². The normalized spacial score (nSPS) is 27.2. The van der Waals surface area contributed by atoms with Crippen LogP contribution in [0.4, 0.5) is 10.2 Å². The topological polar surface area (TPSA) is 90.4 Å². The van der Waals surface area contributed by atoms with E-state index >= 15 is 0 Å². The van der Waals surface area contributed by atoms with E-state index < -0.39 is 24.2 Å². The maximum absolute atomic E-state index is 13.8. The molecule has 1 aliphatic heterocycles. The first kappa shape index (κ1) is 14.2. The fourth-order valence-corrected chi connectivity index (χ4v) is 2.22. The molecule has 2 heterocycles. The second-order valence-corrected chi connectivity index (χ2v) is 4.68. The van der Waals surface area contributed by atoms with Crippen LogP contribution in [0.1, 0.15) is 18.2 Å². The van der Waals surface area contributed by atoms with Crippen molar-refractivity contribution in [1.29, 1.82) is 0 Å². The van der Waals surface area contributed by atoms with E-state index in [0.717, 1.165) is 4.57 Å². The van der Waals surface area contributed by atoms with Gasteiger partial charge in [-0.15, -0.1) is 0 Å². The van der Waals surface area contributed by atoms with Crippen molar-refractivity contribution in [2.75, 3.05) is 12.3 Å². The van der Waals surface area contributed by atoms with E-state index in [-0.39, 0.29) is 18.8 Å². The Hall–Kier alpha value is -1.25. The summed E-state index contributed by atoms with van der Waals surface area (Å²) in [6, 6.07) is 0. The van der Waals surface area contributed by atoms with Crippen LogP contribution >= 0.6 is 15.9 Å². The van der Waals surface area contributed by atoms with Gasteiger partial charge in [0.15, 0.2) is 6.23 Å². The van der Waals surface area contributed by atoms with Crippen LogP contribution in [0, 0.1) is 0 Å². The van der Waals surface area contributed by atoms with Crippen molar-refractivity contribution in [1.82, 2.24) is 9.55 Å². The summed E-state index contributed by atoms with van der Waals surface area (Å²) in [7, 11) is 0. The number of aliphatic hydroxyl groups is 1. The predicted octanol–water partition coefficient (Wildman–Crippen LogP) is 0.809. The first-order valence-electron chi connectivity index (χ1n) is 5.62. The summed E-state index contributed by atoms with van der Waals surface area (Å²) in [6.07, 6.45) is -0.0497. The van der Waals surface area contributed by atoms with Gasteiger partial charge in [-0.2, -0.15) is 4.98 Å². The first-order valence-corrected chi connectivity index (χ1v) is 6.54. The van der Waals surface area contributed by atoms with Gasteiger partial charge in [0.25, 0.3) is 0 Å². The Labute approximate surface area is 116 Å². The lowest BCUT2D eigenvalue weighted by atomic mass is 10.2. The van der Waals surface area contributed by atoms with Gasteiger partial charge in [0.2, 0.25) is 0 Å². The van der Waals surface area contributed by atoms with Crippen LogP contribution in [0.25, 0.3) is 6.08 Å². The molecule has 104 valence electrons. The molecule has 1 aromatic rings. The summed E-state index contributed by atoms with van der Waals surface area (Å²) in [6.45, 7) is -0.289. The molecule has 2 rings (SSSR count). The number of ether oxygens (including phenoxy) is 1. The number of hydrogen-bond donors (Lipinski definition) is 2. The monoisotopic (exact) mass is 333 g/mol. The van der Waals surface area contributed by atoms with Gasteiger partial charge in [-0.05, 0) is 11.1 Å². The molecule has 3 atom stereocenters. The number of aliphatic hydroxyl groups excluding tert-OH is 1. The number of hydrogen-bond acceptors (Lipinski definition) is 5. The molecule has 0 spiro atoms. The third-order valence-corrected chi connectivity index (χ3v) is 3.12. The highest BCUT2D eigenvalue weighted by molar-refractivity contribution is 9.11. The lowest BCUT2D eigenvalue weighted by Gasteiger charge is -2.17. The molecule has 1 aliphatic rings. The molecule has 1 aromatic heterocycles. The number of halogens is 2. The van der Waals surface area contributed by atoms with E-state index in [1.165, 1.54) is 6.20 Å². The first-order chi connectivity index (χ1) is 9.06. The fraction of sp³-hybridized carbons (Fsp3) is 0.455. The minimum absolute atomic E-state index is 0.0433. The van der Waals surface area contributed by atoms with Crippen molar-refractivity contribution in [2.45, 2.75) is 24.9 Å². The lowest BCUT2D eigenvalue weighted by Crippen LogP contribution is -2.31. The standard InChI is InChI=1S/C11H13BrFN3O3/c12-2-1-6-4-16(11(18)15-9(6)14)10-8(13)3-7(5-17)19-10/h1-2,4,7-8,10,17H,3,5H2,(H2,14,15,18)/t7-,8+,10+/m0/s1. The number of nitrogens with zero attached hydrogens (tertiary/aromatic N) is 2. The average molecular weight is 334 g/mol. The minimum atomic E-state index is -1.37. The second-order valence-electron chi connectivity index (χ2n) is 4.15. The van der Waals surface area contributed by atoms with Crippen molar-refractivity contribution in [3.8, 4) is 0 Å². The highest BCUT2D eigenvalue weighted by atomic mass is 79.9. The summed E-state index contributed by atoms with van der Waals surface area (Å²) in [5, 5.41) is 8.97. The van der Waals surface area contributed by atoms with Gasteiger partial charge in [0.1, 0.15) is 12.0 Å². The molecular weight excluding hydrogens is 321 g/mol. The fourth-order valence-electron chi connectivity index (χ4n) is 1.94. The quantitative estimate of drug-likeness (QED) is 0.854. The Morgan fingerprint density at radius 2 is 2.47 bits per heavy atom. The van der Waals surface area contributed by atoms with Gasteiger partial charge < -0.3 is 15.6 Å². The zero-order valence-corrected chi connectivity index (χ0v) is 11.5. The number of rotatable bonds is 3. The molecule has 6 nitrogen and oxygen atoms in total. The van der Waals surface area contributed by atoms with E-state index in [0.29, 0.717) is 5.56 Å². The summed E-state index contributed by atoms with van der Waals surface area (Å²) >= 11 is 3.09. The molecule has 3 N–H and O–H groups in total. The molecule has 19 heavy (non-hydrogen) atoms. The van der Waals surface area contributed by atoms with E-state index in [4.69, 9.17) is 15.6 Å². The van der Waals surface area contributed by atoms with Crippen molar-refractivity contribution in [2.24, 2.45) is 0 Å². The summed E-state index contributed by atoms with van der Waals surface area (Å²) in [5.41, 5.74) is 5.38. The molecule has 0 bridgehead atoms. The van der Waals surface area contributed by atoms with Crippen LogP contribution in [0.15, 0.2) is 16.0 Å². The maximum atomic E-state index is 13.8. The number of aromatic nitrogens is 2. The highest BCUT2D eigenvalue weighted by Crippen LogP contribution is 2.30. The Bertz CT molecular complexity index is 548. The van der Waals surface area contributed by atoms with E-state index in [1.807, 2.05) is 0 Å². The van der Waals surface area contributed by atoms with E-state index in [9.17, 15) is 9.18 Å². The number of nitrogens with two attached hydrogens (primary N) is 1. The van der Waals surface area contributed by atoms with Gasteiger partial charge >= 0.3 is 5.69 Å². The van der Waals surface area contributed by atoms with Crippen LogP contribution in [-0.4, -0.2) is 33.5 Å². The van der Waals surface area contributed by atoms with E-state index in [2.05, 4.69) is 20.9 Å². The summed E-state index contributed by atoms with van der Waals surface area (Å²) < 4.78 is 20.2. The summed E-state index contributed by atoms with van der Waals surface area (Å²) in [4.78, 5) is 16.9. The van der Waals surface area contributed by atoms with Crippen LogP contribution in [0.2, 0.25) is 0 Å². The number of nitrogen functional groups attached to an aromatic ring is 1. The molecule has 0 saturated carbocycles. The Morgan fingerprint density at radius 1 is 1.74 bits per heavy atom. The largest absolute Gasteiger partial charge is 0.394 e. The molecule has 0 unspecified atom stereocenters. The Balaban J connectivity index is 2.39. The lowest BCUT2D eigenvalue weighted by molar-refractivity contribution is -0.0393. The molecule has 1 fully saturated rings. The third-order valence-electron chi connectivity index (χ3n) is 2.86. The SMILES string of the molecule is Nc1nc(=O)n([C@@H]2O[C@H](CO)C[C@H]2F)cc1C=CBr. The maximum Gasteiger partial charge on any atom is 0.351 e. The predicted molar refractivity (Wildman–Crippen MR) is 71.4 cm³/mol. The average Bonchev–Trinajstić information content (AvgIpc) is 2.74. The van der Waals surface area contributed by atoms with Crippen LogP contribution in [0.5, 0.6) is 0 Å². The highest BCUT2D eigenvalue weighted by Gasteiger charge is 2.37. The van der Waals surface area contributed by atoms with Gasteiger partial charge in [-0.1, -0.05) is 15.9 Å². The molecule has 0 radical (unpaired) electrons. The molecule has 0 aromatic carbocycles.